The maximum atomic E-state index is 15.6. The second-order valence-corrected chi connectivity index (χ2v) is 12.5. The van der Waals surface area contributed by atoms with Crippen LogP contribution in [0.3, 0.4) is 0 Å². The van der Waals surface area contributed by atoms with E-state index in [9.17, 15) is 19.2 Å². The van der Waals surface area contributed by atoms with Crippen molar-refractivity contribution in [3.05, 3.63) is 47.5 Å². The lowest BCUT2D eigenvalue weighted by Crippen LogP contribution is -2.63. The first-order valence-corrected chi connectivity index (χ1v) is 16.2. The Hall–Kier alpha value is -3.80. The number of nitrogens with one attached hydrogen (secondary N) is 3. The van der Waals surface area contributed by atoms with E-state index in [1.807, 2.05) is 21.0 Å². The first kappa shape index (κ1) is 34.1. The Morgan fingerprint density at radius 3 is 2.31 bits per heavy atom. The van der Waals surface area contributed by atoms with Crippen molar-refractivity contribution >= 4 is 29.3 Å². The van der Waals surface area contributed by atoms with Gasteiger partial charge < -0.3 is 25.8 Å². The number of aromatic nitrogens is 2. The number of rotatable bonds is 12. The summed E-state index contributed by atoms with van der Waals surface area (Å²) in [4.78, 5) is 56.5. The van der Waals surface area contributed by atoms with Crippen molar-refractivity contribution in [1.82, 2.24) is 30.2 Å². The van der Waals surface area contributed by atoms with Gasteiger partial charge in [-0.2, -0.15) is 5.10 Å². The summed E-state index contributed by atoms with van der Waals surface area (Å²) in [5, 5.41) is 12.6. The highest BCUT2D eigenvalue weighted by Crippen LogP contribution is 2.29. The second-order valence-electron chi connectivity index (χ2n) is 12.5. The van der Waals surface area contributed by atoms with E-state index in [2.05, 4.69) is 25.9 Å². The van der Waals surface area contributed by atoms with Crippen molar-refractivity contribution < 1.29 is 23.6 Å². The van der Waals surface area contributed by atoms with E-state index in [4.69, 9.17) is 0 Å². The molecule has 4 rings (SSSR count). The molecule has 2 aromatic rings. The molecule has 0 spiro atoms. The van der Waals surface area contributed by atoms with Crippen LogP contribution >= 0.6 is 0 Å². The van der Waals surface area contributed by atoms with E-state index in [0.717, 1.165) is 38.5 Å². The minimum absolute atomic E-state index is 0.0144. The molecule has 4 amide bonds. The highest BCUT2D eigenvalue weighted by Gasteiger charge is 2.39. The van der Waals surface area contributed by atoms with Crippen molar-refractivity contribution in [2.24, 2.45) is 5.92 Å². The molecule has 3 N–H and O–H groups in total. The Morgan fingerprint density at radius 2 is 1.71 bits per heavy atom. The van der Waals surface area contributed by atoms with Crippen molar-refractivity contribution in [2.45, 2.75) is 96.3 Å². The summed E-state index contributed by atoms with van der Waals surface area (Å²) in [5.74, 6) is -2.60. The molecule has 0 bridgehead atoms. The third-order valence-electron chi connectivity index (χ3n) is 9.27. The summed E-state index contributed by atoms with van der Waals surface area (Å²) in [6.45, 7) is 7.02. The normalized spacial score (nSPS) is 18.0. The van der Waals surface area contributed by atoms with Crippen molar-refractivity contribution in [3.8, 4) is 0 Å². The van der Waals surface area contributed by atoms with E-state index in [1.54, 1.807) is 41.8 Å². The Bertz CT molecular complexity index is 1350. The van der Waals surface area contributed by atoms with Gasteiger partial charge in [0, 0.05) is 44.2 Å². The molecule has 1 aromatic carbocycles. The monoisotopic (exact) mass is 625 g/mol. The van der Waals surface area contributed by atoms with E-state index < -0.39 is 35.6 Å². The number of carbonyl (C=O) groups is 4. The molecule has 3 unspecified atom stereocenters. The number of hydrogen-bond acceptors (Lipinski definition) is 6. The van der Waals surface area contributed by atoms with Gasteiger partial charge in [0.05, 0.1) is 5.69 Å². The number of amides is 4. The third kappa shape index (κ3) is 8.27. The molecule has 3 atom stereocenters. The van der Waals surface area contributed by atoms with Crippen LogP contribution in [0.15, 0.2) is 30.5 Å². The van der Waals surface area contributed by atoms with Gasteiger partial charge >= 0.3 is 0 Å². The highest BCUT2D eigenvalue weighted by atomic mass is 19.1. The minimum Gasteiger partial charge on any atom is -0.344 e. The van der Waals surface area contributed by atoms with Gasteiger partial charge in [0.25, 0.3) is 5.91 Å². The van der Waals surface area contributed by atoms with Gasteiger partial charge in [-0.15, -0.1) is 0 Å². The lowest BCUT2D eigenvalue weighted by Gasteiger charge is -2.44. The third-order valence-corrected chi connectivity index (χ3v) is 9.27. The number of anilines is 1. The van der Waals surface area contributed by atoms with Gasteiger partial charge in [-0.25, -0.2) is 4.39 Å². The quantitative estimate of drug-likeness (QED) is 0.310. The molecule has 1 aliphatic heterocycles. The van der Waals surface area contributed by atoms with E-state index in [-0.39, 0.29) is 35.9 Å². The molecule has 246 valence electrons. The molecule has 45 heavy (non-hydrogen) atoms. The zero-order chi connectivity index (χ0) is 32.7. The van der Waals surface area contributed by atoms with Crippen molar-refractivity contribution in [1.29, 1.82) is 0 Å². The van der Waals surface area contributed by atoms with E-state index >= 15 is 4.39 Å². The molecule has 1 saturated carbocycles. The zero-order valence-corrected chi connectivity index (χ0v) is 27.1. The number of likely N-dealkylation sites (N-methyl/N-ethyl adjacent to an activating group) is 1. The molecule has 1 aliphatic carbocycles. The summed E-state index contributed by atoms with van der Waals surface area (Å²) in [6.07, 6.45) is 7.41. The van der Waals surface area contributed by atoms with Crippen molar-refractivity contribution in [3.63, 3.8) is 0 Å². The van der Waals surface area contributed by atoms with Gasteiger partial charge in [-0.1, -0.05) is 45.6 Å². The van der Waals surface area contributed by atoms with Crippen LogP contribution < -0.4 is 16.0 Å². The Labute approximate surface area is 265 Å². The van der Waals surface area contributed by atoms with Gasteiger partial charge in [0.1, 0.15) is 23.6 Å². The number of likely N-dealkylation sites (tertiary alicyclic amines) is 1. The fourth-order valence-electron chi connectivity index (χ4n) is 6.19. The van der Waals surface area contributed by atoms with Gasteiger partial charge in [-0.05, 0) is 63.5 Å². The van der Waals surface area contributed by atoms with Crippen molar-refractivity contribution in [2.75, 3.05) is 32.5 Å². The van der Waals surface area contributed by atoms with Crippen LogP contribution in [0.1, 0.15) is 87.7 Å². The molecule has 1 aromatic heterocycles. The molecule has 0 radical (unpaired) electrons. The molecule has 2 heterocycles. The van der Waals surface area contributed by atoms with Crippen LogP contribution in [0.4, 0.5) is 10.1 Å². The maximum absolute atomic E-state index is 15.6. The van der Waals surface area contributed by atoms with Crippen LogP contribution in [-0.4, -0.2) is 88.5 Å². The fraction of sp³-hybridized carbons (Fsp3) is 0.606. The first-order chi connectivity index (χ1) is 21.5. The topological polar surface area (TPSA) is 129 Å². The number of aryl methyl sites for hydroxylation is 1. The number of hydrogen-bond donors (Lipinski definition) is 3. The van der Waals surface area contributed by atoms with Crippen LogP contribution in [0.5, 0.6) is 0 Å². The minimum atomic E-state index is -0.855. The van der Waals surface area contributed by atoms with Crippen LogP contribution in [0.25, 0.3) is 0 Å². The zero-order valence-electron chi connectivity index (χ0n) is 27.1. The number of carbonyl (C=O) groups excluding carboxylic acids is 4. The maximum Gasteiger partial charge on any atom is 0.270 e. The standard InChI is InChI=1S/C33H48FN7O4/c1-6-28(42)37-29(33(45)40-19-24(20-40)39(4)5)21(3)23-14-15-26(25(34)18-23)36-32(44)30(22-12-10-8-9-11-13-22)38-31(43)27-16-17-35-41(27)7-2/h14-18,21-22,24,29-30H,6-13,19-20H2,1-5H3,(H,36,44)(H,37,42)(H,38,43). The van der Waals surface area contributed by atoms with E-state index in [1.165, 1.54) is 12.1 Å². The second kappa shape index (κ2) is 15.5. The molecule has 2 fully saturated rings. The number of benzene rings is 1. The predicted molar refractivity (Wildman–Crippen MR) is 170 cm³/mol. The predicted octanol–water partition coefficient (Wildman–Crippen LogP) is 3.52. The highest BCUT2D eigenvalue weighted by molar-refractivity contribution is 6.00. The molecular formula is C33H48FN7O4. The van der Waals surface area contributed by atoms with Gasteiger partial charge in [-0.3, -0.25) is 23.9 Å². The lowest BCUT2D eigenvalue weighted by molar-refractivity contribution is -0.142. The Balaban J connectivity index is 1.51. The lowest BCUT2D eigenvalue weighted by atomic mass is 9.90. The first-order valence-electron chi connectivity index (χ1n) is 16.2. The summed E-state index contributed by atoms with van der Waals surface area (Å²) in [5.41, 5.74) is 0.869. The SMILES string of the molecule is CCC(=O)NC(C(=O)N1CC(N(C)C)C1)C(C)c1ccc(NC(=O)C(NC(=O)c2ccnn2CC)C2CCCCCC2)c(F)c1. The average Bonchev–Trinajstić information content (AvgIpc) is 3.32. The molecule has 12 heteroatoms. The average molecular weight is 626 g/mol. The Kier molecular flexibility index (Phi) is 11.7. The fourth-order valence-corrected chi connectivity index (χ4v) is 6.19. The summed E-state index contributed by atoms with van der Waals surface area (Å²) >= 11 is 0. The van der Waals surface area contributed by atoms with Gasteiger partial charge in [0.15, 0.2) is 0 Å². The van der Waals surface area contributed by atoms with Crippen LogP contribution in [-0.2, 0) is 20.9 Å². The summed E-state index contributed by atoms with van der Waals surface area (Å²) < 4.78 is 17.2. The summed E-state index contributed by atoms with van der Waals surface area (Å²) in [6, 6.07) is 4.62. The largest absolute Gasteiger partial charge is 0.344 e. The molecular weight excluding hydrogens is 577 g/mol. The number of halogens is 1. The van der Waals surface area contributed by atoms with Gasteiger partial charge in [0.2, 0.25) is 17.7 Å². The smallest absolute Gasteiger partial charge is 0.270 e. The molecule has 2 aliphatic rings. The summed E-state index contributed by atoms with van der Waals surface area (Å²) in [7, 11) is 3.92. The molecule has 11 nitrogen and oxygen atoms in total. The van der Waals surface area contributed by atoms with E-state index in [0.29, 0.717) is 30.9 Å². The number of nitrogens with zero attached hydrogens (tertiary/aromatic N) is 4. The van der Waals surface area contributed by atoms with Crippen LogP contribution in [0, 0.1) is 11.7 Å². The molecule has 1 saturated heterocycles. The Morgan fingerprint density at radius 1 is 1.02 bits per heavy atom. The van der Waals surface area contributed by atoms with Crippen LogP contribution in [0.2, 0.25) is 0 Å².